The smallest absolute Gasteiger partial charge is 0.0474 e. The first-order valence-corrected chi connectivity index (χ1v) is 6.42. The van der Waals surface area contributed by atoms with Crippen LogP contribution in [0.1, 0.15) is 34.1 Å². The molecule has 3 heteroatoms. The van der Waals surface area contributed by atoms with Crippen molar-refractivity contribution in [3.05, 3.63) is 0 Å². The minimum atomic E-state index is 0.583. The highest BCUT2D eigenvalue weighted by Crippen LogP contribution is 2.10. The van der Waals surface area contributed by atoms with Gasteiger partial charge in [0.25, 0.3) is 0 Å². The van der Waals surface area contributed by atoms with Crippen molar-refractivity contribution in [3.63, 3.8) is 0 Å². The third-order valence-electron chi connectivity index (χ3n) is 3.44. The summed E-state index contributed by atoms with van der Waals surface area (Å²) >= 11 is 0. The van der Waals surface area contributed by atoms with Crippen LogP contribution < -0.4 is 5.32 Å². The zero-order chi connectivity index (χ0) is 12.6. The van der Waals surface area contributed by atoms with Crippen molar-refractivity contribution >= 4 is 0 Å². The molecular weight excluding hydrogens is 200 g/mol. The normalized spacial score (nSPS) is 15.8. The van der Waals surface area contributed by atoms with Crippen LogP contribution in [0.5, 0.6) is 0 Å². The molecule has 2 unspecified atom stereocenters. The van der Waals surface area contributed by atoms with Crippen LogP contribution in [-0.4, -0.2) is 50.8 Å². The zero-order valence-corrected chi connectivity index (χ0v) is 11.9. The van der Waals surface area contributed by atoms with Gasteiger partial charge in [0.15, 0.2) is 0 Å². The van der Waals surface area contributed by atoms with Crippen LogP contribution in [0.25, 0.3) is 0 Å². The van der Waals surface area contributed by atoms with Crippen molar-refractivity contribution in [2.45, 2.75) is 46.2 Å². The van der Waals surface area contributed by atoms with Crippen LogP contribution in [0.2, 0.25) is 0 Å². The topological polar surface area (TPSA) is 24.5 Å². The lowest BCUT2D eigenvalue weighted by Gasteiger charge is -2.33. The summed E-state index contributed by atoms with van der Waals surface area (Å²) in [5, 5.41) is 3.47. The summed E-state index contributed by atoms with van der Waals surface area (Å²) in [4.78, 5) is 2.45. The Labute approximate surface area is 102 Å². The van der Waals surface area contributed by atoms with E-state index in [1.54, 1.807) is 7.11 Å². The molecule has 3 nitrogen and oxygen atoms in total. The number of nitrogens with one attached hydrogen (secondary N) is 1. The molecule has 0 saturated heterocycles. The predicted molar refractivity (Wildman–Crippen MR) is 70.9 cm³/mol. The zero-order valence-electron chi connectivity index (χ0n) is 11.9. The van der Waals surface area contributed by atoms with Gasteiger partial charge in [0.2, 0.25) is 0 Å². The van der Waals surface area contributed by atoms with Crippen LogP contribution in [0.4, 0.5) is 0 Å². The maximum Gasteiger partial charge on any atom is 0.0474 e. The standard InChI is InChI=1S/C13H30N2O/c1-11(2)13(4)15(5)12(3)10-14-8-7-9-16-6/h11-14H,7-10H2,1-6H3. The summed E-state index contributed by atoms with van der Waals surface area (Å²) < 4.78 is 5.02. The third kappa shape index (κ3) is 6.46. The van der Waals surface area contributed by atoms with E-state index in [1.807, 2.05) is 0 Å². The number of rotatable bonds is 9. The quantitative estimate of drug-likeness (QED) is 0.613. The Morgan fingerprint density at radius 2 is 1.81 bits per heavy atom. The summed E-state index contributed by atoms with van der Waals surface area (Å²) in [7, 11) is 3.97. The van der Waals surface area contributed by atoms with Gasteiger partial charge in [0.1, 0.15) is 0 Å². The molecule has 0 aromatic heterocycles. The molecule has 0 amide bonds. The van der Waals surface area contributed by atoms with E-state index < -0.39 is 0 Å². The summed E-state index contributed by atoms with van der Waals surface area (Å²) in [6.45, 7) is 12.1. The Hall–Kier alpha value is -0.120. The van der Waals surface area contributed by atoms with Gasteiger partial charge in [-0.2, -0.15) is 0 Å². The van der Waals surface area contributed by atoms with Crippen molar-refractivity contribution in [2.75, 3.05) is 33.9 Å². The Morgan fingerprint density at radius 1 is 1.19 bits per heavy atom. The molecule has 0 spiro atoms. The lowest BCUT2D eigenvalue weighted by atomic mass is 10.0. The molecular formula is C13H30N2O. The van der Waals surface area contributed by atoms with E-state index in [1.165, 1.54) is 0 Å². The van der Waals surface area contributed by atoms with E-state index in [2.05, 4.69) is 45.0 Å². The summed E-state index contributed by atoms with van der Waals surface area (Å²) in [6.07, 6.45) is 1.09. The van der Waals surface area contributed by atoms with Gasteiger partial charge in [-0.1, -0.05) is 13.8 Å². The molecule has 0 aliphatic rings. The fourth-order valence-corrected chi connectivity index (χ4v) is 1.67. The number of hydrogen-bond donors (Lipinski definition) is 1. The van der Waals surface area contributed by atoms with E-state index in [0.717, 1.165) is 26.1 Å². The highest BCUT2D eigenvalue weighted by atomic mass is 16.5. The second-order valence-corrected chi connectivity index (χ2v) is 5.05. The number of nitrogens with zero attached hydrogens (tertiary/aromatic N) is 1. The molecule has 0 aromatic carbocycles. The second-order valence-electron chi connectivity index (χ2n) is 5.05. The van der Waals surface area contributed by atoms with E-state index >= 15 is 0 Å². The Bertz CT molecular complexity index is 162. The molecule has 2 atom stereocenters. The third-order valence-corrected chi connectivity index (χ3v) is 3.44. The van der Waals surface area contributed by atoms with Gasteiger partial charge in [0, 0.05) is 32.3 Å². The maximum atomic E-state index is 5.02. The van der Waals surface area contributed by atoms with E-state index in [0.29, 0.717) is 18.0 Å². The minimum Gasteiger partial charge on any atom is -0.385 e. The molecule has 16 heavy (non-hydrogen) atoms. The lowest BCUT2D eigenvalue weighted by molar-refractivity contribution is 0.153. The highest BCUT2D eigenvalue weighted by Gasteiger charge is 2.17. The second kappa shape index (κ2) is 8.97. The Morgan fingerprint density at radius 3 is 2.31 bits per heavy atom. The fraction of sp³-hybridized carbons (Fsp3) is 1.00. The molecule has 0 saturated carbocycles. The van der Waals surface area contributed by atoms with Crippen molar-refractivity contribution in [1.82, 2.24) is 10.2 Å². The maximum absolute atomic E-state index is 5.02. The predicted octanol–water partition coefficient (Wildman–Crippen LogP) is 1.98. The largest absolute Gasteiger partial charge is 0.385 e. The molecule has 0 fully saturated rings. The molecule has 0 heterocycles. The van der Waals surface area contributed by atoms with Gasteiger partial charge in [0.05, 0.1) is 0 Å². The molecule has 0 radical (unpaired) electrons. The number of likely N-dealkylation sites (N-methyl/N-ethyl adjacent to an activating group) is 1. The average Bonchev–Trinajstić information content (AvgIpc) is 2.26. The molecule has 0 aliphatic carbocycles. The van der Waals surface area contributed by atoms with Crippen LogP contribution in [-0.2, 0) is 4.74 Å². The Kier molecular flexibility index (Phi) is 8.90. The Balaban J connectivity index is 3.66. The molecule has 0 rings (SSSR count). The average molecular weight is 230 g/mol. The van der Waals surface area contributed by atoms with Crippen LogP contribution in [0, 0.1) is 5.92 Å². The molecule has 0 bridgehead atoms. The van der Waals surface area contributed by atoms with E-state index in [4.69, 9.17) is 4.74 Å². The van der Waals surface area contributed by atoms with Gasteiger partial charge in [-0.05, 0) is 39.8 Å². The van der Waals surface area contributed by atoms with Crippen molar-refractivity contribution in [2.24, 2.45) is 5.92 Å². The lowest BCUT2D eigenvalue weighted by Crippen LogP contribution is -2.44. The van der Waals surface area contributed by atoms with Crippen LogP contribution in [0.3, 0.4) is 0 Å². The van der Waals surface area contributed by atoms with Gasteiger partial charge in [-0.25, -0.2) is 0 Å². The monoisotopic (exact) mass is 230 g/mol. The summed E-state index contributed by atoms with van der Waals surface area (Å²) in [6, 6.07) is 1.22. The van der Waals surface area contributed by atoms with Crippen molar-refractivity contribution < 1.29 is 4.74 Å². The summed E-state index contributed by atoms with van der Waals surface area (Å²) in [5.41, 5.74) is 0. The van der Waals surface area contributed by atoms with Crippen LogP contribution >= 0.6 is 0 Å². The molecule has 0 aliphatic heterocycles. The van der Waals surface area contributed by atoms with Gasteiger partial charge < -0.3 is 10.1 Å². The first-order chi connectivity index (χ1) is 7.50. The number of ether oxygens (including phenoxy) is 1. The molecule has 98 valence electrons. The molecule has 1 N–H and O–H groups in total. The van der Waals surface area contributed by atoms with Gasteiger partial charge >= 0.3 is 0 Å². The SMILES string of the molecule is COCCCNCC(C)N(C)C(C)C(C)C. The van der Waals surface area contributed by atoms with E-state index in [9.17, 15) is 0 Å². The first-order valence-electron chi connectivity index (χ1n) is 6.42. The minimum absolute atomic E-state index is 0.583. The highest BCUT2D eigenvalue weighted by molar-refractivity contribution is 4.74. The van der Waals surface area contributed by atoms with Gasteiger partial charge in [-0.3, -0.25) is 4.90 Å². The fourth-order valence-electron chi connectivity index (χ4n) is 1.67. The number of methoxy groups -OCH3 is 1. The van der Waals surface area contributed by atoms with E-state index in [-0.39, 0.29) is 0 Å². The first kappa shape index (κ1) is 15.9. The molecule has 0 aromatic rings. The summed E-state index contributed by atoms with van der Waals surface area (Å²) in [5.74, 6) is 0.709. The van der Waals surface area contributed by atoms with Crippen LogP contribution in [0.15, 0.2) is 0 Å². The number of hydrogen-bond acceptors (Lipinski definition) is 3. The van der Waals surface area contributed by atoms with Crippen molar-refractivity contribution in [3.8, 4) is 0 Å². The van der Waals surface area contributed by atoms with Crippen molar-refractivity contribution in [1.29, 1.82) is 0 Å². The van der Waals surface area contributed by atoms with Gasteiger partial charge in [-0.15, -0.1) is 0 Å².